The lowest BCUT2D eigenvalue weighted by atomic mass is 10.1. The minimum Gasteiger partial charge on any atom is -0.392 e. The minimum atomic E-state index is -0.0935. The summed E-state index contributed by atoms with van der Waals surface area (Å²) in [5.41, 5.74) is 0. The van der Waals surface area contributed by atoms with Gasteiger partial charge in [0.25, 0.3) is 0 Å². The lowest BCUT2D eigenvalue weighted by Crippen LogP contribution is -2.40. The molecule has 11 heavy (non-hydrogen) atoms. The van der Waals surface area contributed by atoms with Crippen LogP contribution in [0.3, 0.4) is 0 Å². The molecule has 0 aromatic rings. The Labute approximate surface area is 69.0 Å². The summed E-state index contributed by atoms with van der Waals surface area (Å²) in [4.78, 5) is 0. The fourth-order valence-corrected chi connectivity index (χ4v) is 1.62. The van der Waals surface area contributed by atoms with Gasteiger partial charge in [-0.1, -0.05) is 6.92 Å². The molecular weight excluding hydrogens is 138 g/mol. The van der Waals surface area contributed by atoms with Crippen LogP contribution < -0.4 is 5.32 Å². The van der Waals surface area contributed by atoms with Gasteiger partial charge in [0.1, 0.15) is 0 Å². The Bertz CT molecular complexity index is 116. The molecule has 1 rings (SSSR count). The molecule has 3 atom stereocenters. The maximum absolute atomic E-state index is 9.47. The standard InChI is InChI=1S/C9H19NO/c1-3-7(2)10-8-5-4-6-9(8)11/h7-11H,3-6H2,1-2H3/t7-,8?,9?/m1/s1. The van der Waals surface area contributed by atoms with Crippen LogP contribution in [0.25, 0.3) is 0 Å². The van der Waals surface area contributed by atoms with Crippen molar-refractivity contribution in [2.24, 2.45) is 0 Å². The van der Waals surface area contributed by atoms with Crippen LogP contribution in [-0.2, 0) is 0 Å². The summed E-state index contributed by atoms with van der Waals surface area (Å²) in [5, 5.41) is 12.9. The van der Waals surface area contributed by atoms with E-state index in [0.29, 0.717) is 12.1 Å². The molecule has 0 radical (unpaired) electrons. The van der Waals surface area contributed by atoms with E-state index in [1.807, 2.05) is 0 Å². The first-order valence-electron chi connectivity index (χ1n) is 4.68. The zero-order chi connectivity index (χ0) is 8.27. The van der Waals surface area contributed by atoms with Crippen LogP contribution in [0.4, 0.5) is 0 Å². The van der Waals surface area contributed by atoms with E-state index < -0.39 is 0 Å². The number of rotatable bonds is 3. The SMILES string of the molecule is CC[C@@H](C)NC1CCCC1O. The maximum Gasteiger partial charge on any atom is 0.0693 e. The third-order valence-electron chi connectivity index (χ3n) is 2.59. The topological polar surface area (TPSA) is 32.3 Å². The van der Waals surface area contributed by atoms with Gasteiger partial charge in [-0.3, -0.25) is 0 Å². The number of aliphatic hydroxyl groups excluding tert-OH is 1. The molecular formula is C9H19NO. The molecule has 1 aliphatic carbocycles. The van der Waals surface area contributed by atoms with Crippen molar-refractivity contribution in [3.63, 3.8) is 0 Å². The van der Waals surface area contributed by atoms with Crippen molar-refractivity contribution in [2.75, 3.05) is 0 Å². The van der Waals surface area contributed by atoms with Crippen molar-refractivity contribution in [3.8, 4) is 0 Å². The highest BCUT2D eigenvalue weighted by Gasteiger charge is 2.25. The molecule has 2 heteroatoms. The van der Waals surface area contributed by atoms with Crippen LogP contribution in [0, 0.1) is 0 Å². The number of hydrogen-bond acceptors (Lipinski definition) is 2. The van der Waals surface area contributed by atoms with E-state index in [1.54, 1.807) is 0 Å². The fraction of sp³-hybridized carbons (Fsp3) is 1.00. The molecule has 0 bridgehead atoms. The molecule has 0 spiro atoms. The lowest BCUT2D eigenvalue weighted by molar-refractivity contribution is 0.143. The van der Waals surface area contributed by atoms with Gasteiger partial charge in [0.2, 0.25) is 0 Å². The monoisotopic (exact) mass is 157 g/mol. The van der Waals surface area contributed by atoms with Crippen LogP contribution in [0.2, 0.25) is 0 Å². The van der Waals surface area contributed by atoms with Gasteiger partial charge in [0.15, 0.2) is 0 Å². The molecule has 0 aromatic carbocycles. The minimum absolute atomic E-state index is 0.0935. The van der Waals surface area contributed by atoms with Crippen molar-refractivity contribution in [1.82, 2.24) is 5.32 Å². The van der Waals surface area contributed by atoms with E-state index in [1.165, 1.54) is 6.42 Å². The molecule has 2 unspecified atom stereocenters. The summed E-state index contributed by atoms with van der Waals surface area (Å²) in [6, 6.07) is 0.915. The third-order valence-corrected chi connectivity index (χ3v) is 2.59. The maximum atomic E-state index is 9.47. The Hall–Kier alpha value is -0.0800. The van der Waals surface area contributed by atoms with Gasteiger partial charge in [-0.15, -0.1) is 0 Å². The van der Waals surface area contributed by atoms with Gasteiger partial charge in [-0.25, -0.2) is 0 Å². The predicted octanol–water partition coefficient (Wildman–Crippen LogP) is 1.29. The van der Waals surface area contributed by atoms with Crippen LogP contribution in [-0.4, -0.2) is 23.3 Å². The Morgan fingerprint density at radius 2 is 2.27 bits per heavy atom. The van der Waals surface area contributed by atoms with Gasteiger partial charge in [-0.05, 0) is 32.6 Å². The highest BCUT2D eigenvalue weighted by molar-refractivity contribution is 4.83. The largest absolute Gasteiger partial charge is 0.392 e. The van der Waals surface area contributed by atoms with E-state index in [0.717, 1.165) is 19.3 Å². The third kappa shape index (κ3) is 2.46. The second kappa shape index (κ2) is 4.07. The summed E-state index contributed by atoms with van der Waals surface area (Å²) in [7, 11) is 0. The van der Waals surface area contributed by atoms with Crippen molar-refractivity contribution in [3.05, 3.63) is 0 Å². The molecule has 2 nitrogen and oxygen atoms in total. The average Bonchev–Trinajstić information content (AvgIpc) is 2.37. The predicted molar refractivity (Wildman–Crippen MR) is 46.5 cm³/mol. The second-order valence-corrected chi connectivity index (χ2v) is 3.58. The van der Waals surface area contributed by atoms with Crippen molar-refractivity contribution >= 4 is 0 Å². The molecule has 0 saturated heterocycles. The van der Waals surface area contributed by atoms with E-state index in [4.69, 9.17) is 0 Å². The first-order valence-corrected chi connectivity index (χ1v) is 4.68. The van der Waals surface area contributed by atoms with Crippen LogP contribution in [0.5, 0.6) is 0 Å². The highest BCUT2D eigenvalue weighted by atomic mass is 16.3. The highest BCUT2D eigenvalue weighted by Crippen LogP contribution is 2.19. The first-order chi connectivity index (χ1) is 5.24. The molecule has 2 N–H and O–H groups in total. The summed E-state index contributed by atoms with van der Waals surface area (Å²) < 4.78 is 0. The lowest BCUT2D eigenvalue weighted by Gasteiger charge is -2.20. The van der Waals surface area contributed by atoms with Gasteiger partial charge >= 0.3 is 0 Å². The molecule has 1 fully saturated rings. The smallest absolute Gasteiger partial charge is 0.0693 e. The quantitative estimate of drug-likeness (QED) is 0.647. The molecule has 1 saturated carbocycles. The van der Waals surface area contributed by atoms with Gasteiger partial charge in [0, 0.05) is 12.1 Å². The van der Waals surface area contributed by atoms with Crippen LogP contribution in [0.1, 0.15) is 39.5 Å². The number of aliphatic hydroxyl groups is 1. The van der Waals surface area contributed by atoms with Crippen molar-refractivity contribution < 1.29 is 5.11 Å². The van der Waals surface area contributed by atoms with Gasteiger partial charge in [0.05, 0.1) is 6.10 Å². The Morgan fingerprint density at radius 1 is 1.55 bits per heavy atom. The van der Waals surface area contributed by atoms with E-state index in [-0.39, 0.29) is 6.10 Å². The molecule has 1 aliphatic rings. The Morgan fingerprint density at radius 3 is 2.73 bits per heavy atom. The molecule has 0 aromatic heterocycles. The Balaban J connectivity index is 2.24. The summed E-state index contributed by atoms with van der Waals surface area (Å²) in [6.07, 6.45) is 4.35. The zero-order valence-electron chi connectivity index (χ0n) is 7.51. The first kappa shape index (κ1) is 9.01. The normalized spacial score (nSPS) is 34.1. The van der Waals surface area contributed by atoms with Crippen LogP contribution in [0.15, 0.2) is 0 Å². The second-order valence-electron chi connectivity index (χ2n) is 3.58. The zero-order valence-corrected chi connectivity index (χ0v) is 7.51. The molecule has 66 valence electrons. The summed E-state index contributed by atoms with van der Waals surface area (Å²) >= 11 is 0. The number of hydrogen-bond donors (Lipinski definition) is 2. The molecule has 0 heterocycles. The van der Waals surface area contributed by atoms with Gasteiger partial charge in [-0.2, -0.15) is 0 Å². The fourth-order valence-electron chi connectivity index (χ4n) is 1.62. The van der Waals surface area contributed by atoms with Crippen molar-refractivity contribution in [1.29, 1.82) is 0 Å². The van der Waals surface area contributed by atoms with E-state index in [2.05, 4.69) is 19.2 Å². The van der Waals surface area contributed by atoms with E-state index >= 15 is 0 Å². The van der Waals surface area contributed by atoms with Crippen molar-refractivity contribution in [2.45, 2.75) is 57.7 Å². The summed E-state index contributed by atoms with van der Waals surface area (Å²) in [5.74, 6) is 0. The average molecular weight is 157 g/mol. The van der Waals surface area contributed by atoms with Crippen LogP contribution >= 0.6 is 0 Å². The Kier molecular flexibility index (Phi) is 3.34. The van der Waals surface area contributed by atoms with Gasteiger partial charge < -0.3 is 10.4 Å². The summed E-state index contributed by atoms with van der Waals surface area (Å²) in [6.45, 7) is 4.34. The van der Waals surface area contributed by atoms with E-state index in [9.17, 15) is 5.11 Å². The molecule has 0 aliphatic heterocycles. The number of nitrogens with one attached hydrogen (secondary N) is 1. The molecule has 0 amide bonds.